The summed E-state index contributed by atoms with van der Waals surface area (Å²) in [7, 11) is 0. The smallest absolute Gasteiger partial charge is 0.251 e. The monoisotopic (exact) mass is 312 g/mol. The highest BCUT2D eigenvalue weighted by Gasteiger charge is 2.21. The van der Waals surface area contributed by atoms with Crippen LogP contribution in [0.3, 0.4) is 0 Å². The molecule has 0 bridgehead atoms. The molecule has 1 aromatic rings. The van der Waals surface area contributed by atoms with Gasteiger partial charge in [0.1, 0.15) is 13.2 Å². The Bertz CT molecular complexity index is 510. The number of rotatable bonds is 2. The first-order valence-electron chi connectivity index (χ1n) is 7.16. The Balaban J connectivity index is 0.00000161. The summed E-state index contributed by atoms with van der Waals surface area (Å²) < 4.78 is 11.0. The quantitative estimate of drug-likeness (QED) is 0.873. The number of amides is 1. The van der Waals surface area contributed by atoms with Gasteiger partial charge in [0, 0.05) is 17.6 Å². The van der Waals surface area contributed by atoms with E-state index in [2.05, 4.69) is 17.6 Å². The summed E-state index contributed by atoms with van der Waals surface area (Å²) in [5.74, 6) is 1.33. The highest BCUT2D eigenvalue weighted by Crippen LogP contribution is 2.30. The molecule has 21 heavy (non-hydrogen) atoms. The highest BCUT2D eigenvalue weighted by atomic mass is 35.5. The predicted octanol–water partition coefficient (Wildman–Crippen LogP) is 1.75. The summed E-state index contributed by atoms with van der Waals surface area (Å²) in [4.78, 5) is 12.3. The first kappa shape index (κ1) is 15.9. The standard InChI is InChI=1S/C15H20N2O3.ClH/c1-10-8-12(4-5-16-10)17-15(18)11-2-3-13-14(9-11)20-7-6-19-13;/h2-3,9-10,12,16H,4-8H2,1H3,(H,17,18);1H. The lowest BCUT2D eigenvalue weighted by Gasteiger charge is -2.28. The van der Waals surface area contributed by atoms with E-state index in [4.69, 9.17) is 9.47 Å². The second kappa shape index (κ2) is 7.00. The molecule has 2 unspecified atom stereocenters. The van der Waals surface area contributed by atoms with E-state index in [-0.39, 0.29) is 24.4 Å². The number of hydrogen-bond acceptors (Lipinski definition) is 4. The lowest BCUT2D eigenvalue weighted by molar-refractivity contribution is 0.0924. The molecule has 2 aliphatic heterocycles. The van der Waals surface area contributed by atoms with Crippen LogP contribution < -0.4 is 20.1 Å². The van der Waals surface area contributed by atoms with Gasteiger partial charge in [0.25, 0.3) is 5.91 Å². The van der Waals surface area contributed by atoms with Crippen LogP contribution in [0.2, 0.25) is 0 Å². The molecule has 0 saturated carbocycles. The molecule has 0 radical (unpaired) electrons. The molecule has 2 heterocycles. The van der Waals surface area contributed by atoms with Crippen molar-refractivity contribution >= 4 is 18.3 Å². The van der Waals surface area contributed by atoms with Gasteiger partial charge in [0.15, 0.2) is 11.5 Å². The van der Waals surface area contributed by atoms with Gasteiger partial charge in [-0.1, -0.05) is 0 Å². The van der Waals surface area contributed by atoms with Gasteiger partial charge in [-0.15, -0.1) is 12.4 Å². The van der Waals surface area contributed by atoms with Gasteiger partial charge in [0.05, 0.1) is 0 Å². The molecule has 0 aromatic heterocycles. The van der Waals surface area contributed by atoms with Crippen LogP contribution in [0.4, 0.5) is 0 Å². The van der Waals surface area contributed by atoms with Crippen molar-refractivity contribution in [3.05, 3.63) is 23.8 Å². The lowest BCUT2D eigenvalue weighted by atomic mass is 10.00. The summed E-state index contributed by atoms with van der Waals surface area (Å²) in [6.45, 7) is 4.19. The van der Waals surface area contributed by atoms with E-state index >= 15 is 0 Å². The molecule has 1 saturated heterocycles. The summed E-state index contributed by atoms with van der Waals surface area (Å²) in [6.07, 6.45) is 1.94. The van der Waals surface area contributed by atoms with Crippen LogP contribution in [0.1, 0.15) is 30.1 Å². The fraction of sp³-hybridized carbons (Fsp3) is 0.533. The molecular formula is C15H21ClN2O3. The van der Waals surface area contributed by atoms with Gasteiger partial charge >= 0.3 is 0 Å². The Morgan fingerprint density at radius 2 is 2.05 bits per heavy atom. The van der Waals surface area contributed by atoms with Crippen molar-refractivity contribution < 1.29 is 14.3 Å². The molecule has 1 aromatic carbocycles. The third-order valence-electron chi connectivity index (χ3n) is 3.76. The molecule has 0 spiro atoms. The highest BCUT2D eigenvalue weighted by molar-refractivity contribution is 5.95. The molecule has 6 heteroatoms. The van der Waals surface area contributed by atoms with Gasteiger partial charge < -0.3 is 20.1 Å². The topological polar surface area (TPSA) is 59.6 Å². The molecule has 1 amide bonds. The molecule has 2 atom stereocenters. The zero-order valence-electron chi connectivity index (χ0n) is 12.1. The number of piperidine rings is 1. The number of carbonyl (C=O) groups excluding carboxylic acids is 1. The maximum atomic E-state index is 12.3. The number of hydrogen-bond donors (Lipinski definition) is 2. The van der Waals surface area contributed by atoms with Crippen LogP contribution in [-0.4, -0.2) is 37.7 Å². The fourth-order valence-electron chi connectivity index (χ4n) is 2.72. The van der Waals surface area contributed by atoms with Crippen LogP contribution in [-0.2, 0) is 0 Å². The Morgan fingerprint density at radius 1 is 1.29 bits per heavy atom. The van der Waals surface area contributed by atoms with E-state index in [1.54, 1.807) is 18.2 Å². The molecule has 5 nitrogen and oxygen atoms in total. The van der Waals surface area contributed by atoms with Crippen LogP contribution in [0.25, 0.3) is 0 Å². The van der Waals surface area contributed by atoms with Crippen LogP contribution in [0, 0.1) is 0 Å². The van der Waals surface area contributed by atoms with E-state index in [0.717, 1.165) is 19.4 Å². The van der Waals surface area contributed by atoms with E-state index in [1.165, 1.54) is 0 Å². The average molecular weight is 313 g/mol. The van der Waals surface area contributed by atoms with Crippen molar-refractivity contribution in [3.63, 3.8) is 0 Å². The SMILES string of the molecule is CC1CC(NC(=O)c2ccc3c(c2)OCCO3)CCN1.Cl. The van der Waals surface area contributed by atoms with E-state index in [1.807, 2.05) is 0 Å². The van der Waals surface area contributed by atoms with Crippen molar-refractivity contribution in [3.8, 4) is 11.5 Å². The largest absolute Gasteiger partial charge is 0.486 e. The number of fused-ring (bicyclic) bond motifs is 1. The van der Waals surface area contributed by atoms with Crippen molar-refractivity contribution in [2.75, 3.05) is 19.8 Å². The van der Waals surface area contributed by atoms with Gasteiger partial charge in [0.2, 0.25) is 0 Å². The van der Waals surface area contributed by atoms with Gasteiger partial charge in [-0.2, -0.15) is 0 Å². The third kappa shape index (κ3) is 3.80. The molecule has 0 aliphatic carbocycles. The summed E-state index contributed by atoms with van der Waals surface area (Å²) in [5, 5.41) is 6.48. The Morgan fingerprint density at radius 3 is 2.81 bits per heavy atom. The molecule has 1 fully saturated rings. The normalized spacial score (nSPS) is 23.9. The minimum atomic E-state index is -0.0407. The number of nitrogens with one attached hydrogen (secondary N) is 2. The maximum absolute atomic E-state index is 12.3. The summed E-state index contributed by atoms with van der Waals surface area (Å²) in [5.41, 5.74) is 0.625. The van der Waals surface area contributed by atoms with Crippen molar-refractivity contribution in [1.29, 1.82) is 0 Å². The molecule has 3 rings (SSSR count). The first-order chi connectivity index (χ1) is 9.72. The zero-order valence-corrected chi connectivity index (χ0v) is 12.9. The Hall–Kier alpha value is -1.46. The number of carbonyl (C=O) groups is 1. The maximum Gasteiger partial charge on any atom is 0.251 e. The number of benzene rings is 1. The minimum Gasteiger partial charge on any atom is -0.486 e. The zero-order chi connectivity index (χ0) is 13.9. The van der Waals surface area contributed by atoms with E-state index in [9.17, 15) is 4.79 Å². The molecular weight excluding hydrogens is 292 g/mol. The number of halogens is 1. The van der Waals surface area contributed by atoms with E-state index < -0.39 is 0 Å². The molecule has 2 N–H and O–H groups in total. The van der Waals surface area contributed by atoms with Crippen molar-refractivity contribution in [2.24, 2.45) is 0 Å². The van der Waals surface area contributed by atoms with Crippen LogP contribution in [0.15, 0.2) is 18.2 Å². The van der Waals surface area contributed by atoms with Crippen LogP contribution in [0.5, 0.6) is 11.5 Å². The first-order valence-corrected chi connectivity index (χ1v) is 7.16. The second-order valence-corrected chi connectivity index (χ2v) is 5.41. The Labute approximate surface area is 130 Å². The van der Waals surface area contributed by atoms with Gasteiger partial charge in [-0.25, -0.2) is 0 Å². The van der Waals surface area contributed by atoms with E-state index in [0.29, 0.717) is 36.3 Å². The van der Waals surface area contributed by atoms with Gasteiger partial charge in [-0.3, -0.25) is 4.79 Å². The second-order valence-electron chi connectivity index (χ2n) is 5.41. The fourth-order valence-corrected chi connectivity index (χ4v) is 2.72. The van der Waals surface area contributed by atoms with Crippen molar-refractivity contribution in [1.82, 2.24) is 10.6 Å². The minimum absolute atomic E-state index is 0. The summed E-state index contributed by atoms with van der Waals surface area (Å²) in [6, 6.07) is 6.04. The Kier molecular flexibility index (Phi) is 5.31. The molecule has 116 valence electrons. The summed E-state index contributed by atoms with van der Waals surface area (Å²) >= 11 is 0. The third-order valence-corrected chi connectivity index (χ3v) is 3.76. The average Bonchev–Trinajstić information content (AvgIpc) is 2.47. The van der Waals surface area contributed by atoms with Gasteiger partial charge in [-0.05, 0) is 44.5 Å². The molecule has 2 aliphatic rings. The predicted molar refractivity (Wildman–Crippen MR) is 82.6 cm³/mol. The van der Waals surface area contributed by atoms with Crippen molar-refractivity contribution in [2.45, 2.75) is 31.8 Å². The van der Waals surface area contributed by atoms with Crippen LogP contribution >= 0.6 is 12.4 Å². The lowest BCUT2D eigenvalue weighted by Crippen LogP contribution is -2.46. The number of ether oxygens (including phenoxy) is 2.